The number of halogens is 2. The molecule has 1 amide bonds. The van der Waals surface area contributed by atoms with Gasteiger partial charge in [0.25, 0.3) is 0 Å². The third-order valence-corrected chi connectivity index (χ3v) is 4.03. The van der Waals surface area contributed by atoms with Gasteiger partial charge in [-0.1, -0.05) is 24.3 Å². The van der Waals surface area contributed by atoms with Crippen molar-refractivity contribution in [3.8, 4) is 0 Å². The molecule has 126 valence electrons. The Labute approximate surface area is 140 Å². The number of hydrogen-bond acceptors (Lipinski definition) is 3. The number of aromatic nitrogens is 3. The summed E-state index contributed by atoms with van der Waals surface area (Å²) < 4.78 is 29.1. The molecule has 6 nitrogen and oxygen atoms in total. The summed E-state index contributed by atoms with van der Waals surface area (Å²) in [4.78, 5) is 26.2. The van der Waals surface area contributed by atoms with Gasteiger partial charge in [-0.2, -0.15) is 9.67 Å². The SMILES string of the molecule is O=C1N(c2cccc(F)c2)Cc2nn(Cc3ccccc3F)c(=O)n21. The van der Waals surface area contributed by atoms with Gasteiger partial charge < -0.3 is 0 Å². The highest BCUT2D eigenvalue weighted by atomic mass is 19.1. The van der Waals surface area contributed by atoms with Crippen LogP contribution in [0.5, 0.6) is 0 Å². The number of fused-ring (bicyclic) bond motifs is 1. The van der Waals surface area contributed by atoms with E-state index in [-0.39, 0.29) is 18.9 Å². The summed E-state index contributed by atoms with van der Waals surface area (Å²) in [7, 11) is 0. The van der Waals surface area contributed by atoms with Crippen molar-refractivity contribution in [3.05, 3.63) is 82.0 Å². The summed E-state index contributed by atoms with van der Waals surface area (Å²) in [5.74, 6) is -0.697. The molecule has 0 saturated carbocycles. The van der Waals surface area contributed by atoms with Gasteiger partial charge in [0.15, 0.2) is 5.82 Å². The lowest BCUT2D eigenvalue weighted by molar-refractivity contribution is 0.250. The zero-order valence-corrected chi connectivity index (χ0v) is 12.9. The molecule has 8 heteroatoms. The van der Waals surface area contributed by atoms with E-state index < -0.39 is 23.4 Å². The van der Waals surface area contributed by atoms with Crippen LogP contribution in [0, 0.1) is 11.6 Å². The average Bonchev–Trinajstić information content (AvgIpc) is 3.07. The van der Waals surface area contributed by atoms with Crippen molar-refractivity contribution < 1.29 is 13.6 Å². The topological polar surface area (TPSA) is 60.1 Å². The van der Waals surface area contributed by atoms with Crippen LogP contribution in [0.25, 0.3) is 0 Å². The summed E-state index contributed by atoms with van der Waals surface area (Å²) in [6, 6.07) is 11.0. The summed E-state index contributed by atoms with van der Waals surface area (Å²) in [5.41, 5.74) is -0.00600. The second-order valence-electron chi connectivity index (χ2n) is 5.63. The van der Waals surface area contributed by atoms with E-state index in [0.29, 0.717) is 11.3 Å². The van der Waals surface area contributed by atoms with Crippen LogP contribution in [-0.4, -0.2) is 20.4 Å². The standard InChI is InChI=1S/C17H12F2N4O2/c18-12-5-3-6-13(8-12)21-10-15-20-22(17(25)23(15)16(21)24)9-11-4-1-2-7-14(11)19/h1-8H,9-10H2. The predicted octanol–water partition coefficient (Wildman–Crippen LogP) is 2.36. The highest BCUT2D eigenvalue weighted by Gasteiger charge is 2.33. The molecule has 0 aliphatic carbocycles. The first-order chi connectivity index (χ1) is 12.0. The number of anilines is 1. The Balaban J connectivity index is 1.66. The Morgan fingerprint density at radius 3 is 2.56 bits per heavy atom. The highest BCUT2D eigenvalue weighted by molar-refractivity contribution is 5.96. The molecule has 0 spiro atoms. The van der Waals surface area contributed by atoms with Gasteiger partial charge in [-0.05, 0) is 24.3 Å². The lowest BCUT2D eigenvalue weighted by atomic mass is 10.2. The van der Waals surface area contributed by atoms with E-state index in [9.17, 15) is 18.4 Å². The van der Waals surface area contributed by atoms with Gasteiger partial charge in [0, 0.05) is 11.3 Å². The number of carbonyl (C=O) groups is 1. The lowest BCUT2D eigenvalue weighted by Gasteiger charge is -2.14. The van der Waals surface area contributed by atoms with Crippen LogP contribution in [0.15, 0.2) is 53.3 Å². The molecule has 3 aromatic rings. The first-order valence-corrected chi connectivity index (χ1v) is 7.54. The van der Waals surface area contributed by atoms with Gasteiger partial charge >= 0.3 is 11.7 Å². The van der Waals surface area contributed by atoms with Crippen LogP contribution < -0.4 is 10.6 Å². The van der Waals surface area contributed by atoms with Crippen LogP contribution in [0.1, 0.15) is 11.4 Å². The molecule has 0 fully saturated rings. The first kappa shape index (κ1) is 15.3. The summed E-state index contributed by atoms with van der Waals surface area (Å²) >= 11 is 0. The molecule has 25 heavy (non-hydrogen) atoms. The van der Waals surface area contributed by atoms with Gasteiger partial charge in [0.05, 0.1) is 13.1 Å². The zero-order valence-electron chi connectivity index (χ0n) is 12.9. The highest BCUT2D eigenvalue weighted by Crippen LogP contribution is 2.23. The van der Waals surface area contributed by atoms with Crippen LogP contribution >= 0.6 is 0 Å². The van der Waals surface area contributed by atoms with Crippen LogP contribution in [0.2, 0.25) is 0 Å². The first-order valence-electron chi connectivity index (χ1n) is 7.54. The molecule has 1 aromatic heterocycles. The molecule has 4 rings (SSSR count). The number of hydrogen-bond donors (Lipinski definition) is 0. The van der Waals surface area contributed by atoms with E-state index in [0.717, 1.165) is 9.25 Å². The predicted molar refractivity (Wildman–Crippen MR) is 85.4 cm³/mol. The van der Waals surface area contributed by atoms with Gasteiger partial charge in [-0.25, -0.2) is 23.1 Å². The summed E-state index contributed by atoms with van der Waals surface area (Å²) in [6.45, 7) is -0.0272. The quantitative estimate of drug-likeness (QED) is 0.734. The normalized spacial score (nSPS) is 13.4. The van der Waals surface area contributed by atoms with E-state index in [2.05, 4.69) is 5.10 Å². The van der Waals surface area contributed by atoms with E-state index in [4.69, 9.17) is 0 Å². The van der Waals surface area contributed by atoms with Crippen molar-refractivity contribution in [2.75, 3.05) is 4.90 Å². The van der Waals surface area contributed by atoms with Crippen molar-refractivity contribution in [2.24, 2.45) is 0 Å². The maximum absolute atomic E-state index is 13.7. The molecule has 1 aliphatic heterocycles. The minimum Gasteiger partial charge on any atom is -0.286 e. The Morgan fingerprint density at radius 1 is 1.04 bits per heavy atom. The number of rotatable bonds is 3. The fourth-order valence-corrected chi connectivity index (χ4v) is 2.81. The Hall–Kier alpha value is -3.29. The minimum absolute atomic E-state index is 0.0435. The van der Waals surface area contributed by atoms with Crippen molar-refractivity contribution in [3.63, 3.8) is 0 Å². The number of carbonyl (C=O) groups excluding carboxylic acids is 1. The minimum atomic E-state index is -0.651. The van der Waals surface area contributed by atoms with E-state index in [1.165, 1.54) is 29.2 Å². The average molecular weight is 342 g/mol. The van der Waals surface area contributed by atoms with Gasteiger partial charge in [-0.15, -0.1) is 0 Å². The Morgan fingerprint density at radius 2 is 1.84 bits per heavy atom. The molecule has 0 atom stereocenters. The molecule has 1 aliphatic rings. The zero-order chi connectivity index (χ0) is 17.6. The van der Waals surface area contributed by atoms with Crippen molar-refractivity contribution in [1.82, 2.24) is 14.3 Å². The number of benzene rings is 2. The van der Waals surface area contributed by atoms with E-state index in [1.54, 1.807) is 24.3 Å². The molecular weight excluding hydrogens is 330 g/mol. The Kier molecular flexibility index (Phi) is 3.45. The van der Waals surface area contributed by atoms with Crippen LogP contribution in [0.3, 0.4) is 0 Å². The molecule has 0 saturated heterocycles. The summed E-state index contributed by atoms with van der Waals surface area (Å²) in [5, 5.41) is 4.12. The van der Waals surface area contributed by atoms with Crippen LogP contribution in [-0.2, 0) is 13.1 Å². The smallest absolute Gasteiger partial charge is 0.286 e. The van der Waals surface area contributed by atoms with Crippen LogP contribution in [0.4, 0.5) is 19.3 Å². The fraction of sp³-hybridized carbons (Fsp3) is 0.118. The van der Waals surface area contributed by atoms with E-state index in [1.807, 2.05) is 0 Å². The van der Waals surface area contributed by atoms with Crippen molar-refractivity contribution >= 4 is 11.7 Å². The largest absolute Gasteiger partial charge is 0.354 e. The molecule has 0 unspecified atom stereocenters. The van der Waals surface area contributed by atoms with Crippen molar-refractivity contribution in [2.45, 2.75) is 13.1 Å². The maximum atomic E-state index is 13.7. The molecule has 2 heterocycles. The third kappa shape index (κ3) is 2.51. The number of nitrogens with zero attached hydrogens (tertiary/aromatic N) is 4. The van der Waals surface area contributed by atoms with Gasteiger partial charge in [0.1, 0.15) is 11.6 Å². The maximum Gasteiger partial charge on any atom is 0.354 e. The molecule has 0 N–H and O–H groups in total. The lowest BCUT2D eigenvalue weighted by Crippen LogP contribution is -2.35. The second kappa shape index (κ2) is 5.66. The van der Waals surface area contributed by atoms with Gasteiger partial charge in [-0.3, -0.25) is 4.90 Å². The second-order valence-corrected chi connectivity index (χ2v) is 5.63. The molecule has 0 bridgehead atoms. The van der Waals surface area contributed by atoms with Crippen molar-refractivity contribution in [1.29, 1.82) is 0 Å². The van der Waals surface area contributed by atoms with E-state index >= 15 is 0 Å². The molecular formula is C17H12F2N4O2. The fourth-order valence-electron chi connectivity index (χ4n) is 2.81. The Bertz CT molecular complexity index is 1040. The monoisotopic (exact) mass is 342 g/mol. The third-order valence-electron chi connectivity index (χ3n) is 4.03. The van der Waals surface area contributed by atoms with Gasteiger partial charge in [0.2, 0.25) is 0 Å². The number of amides is 1. The summed E-state index contributed by atoms with van der Waals surface area (Å²) in [6.07, 6.45) is 0. The molecule has 2 aromatic carbocycles. The molecule has 0 radical (unpaired) electrons.